The van der Waals surface area contributed by atoms with Crippen molar-refractivity contribution in [3.8, 4) is 0 Å². The third-order valence-electron chi connectivity index (χ3n) is 4.69. The molecule has 3 aliphatic rings. The highest BCUT2D eigenvalue weighted by Gasteiger charge is 2.29. The van der Waals surface area contributed by atoms with E-state index in [0.29, 0.717) is 0 Å². The first-order chi connectivity index (χ1) is 8.31. The summed E-state index contributed by atoms with van der Waals surface area (Å²) >= 11 is 0. The van der Waals surface area contributed by atoms with Crippen LogP contribution in [0.4, 0.5) is 0 Å². The number of likely N-dealkylation sites (tertiary alicyclic amines) is 2. The van der Waals surface area contributed by atoms with E-state index in [1.807, 2.05) is 0 Å². The SMILES string of the molecule is CN1CCCC1CN1CCCC(NC2CC2)C1. The van der Waals surface area contributed by atoms with Gasteiger partial charge in [-0.2, -0.15) is 0 Å². The summed E-state index contributed by atoms with van der Waals surface area (Å²) in [6.45, 7) is 5.23. The largest absolute Gasteiger partial charge is 0.310 e. The van der Waals surface area contributed by atoms with Crippen LogP contribution in [0.2, 0.25) is 0 Å². The van der Waals surface area contributed by atoms with Crippen LogP contribution in [0.5, 0.6) is 0 Å². The number of hydrogen-bond donors (Lipinski definition) is 1. The van der Waals surface area contributed by atoms with Crippen LogP contribution < -0.4 is 5.32 Å². The summed E-state index contributed by atoms with van der Waals surface area (Å²) in [5, 5.41) is 3.80. The Morgan fingerprint density at radius 1 is 1.00 bits per heavy atom. The summed E-state index contributed by atoms with van der Waals surface area (Å²) in [4.78, 5) is 5.26. The zero-order valence-corrected chi connectivity index (χ0v) is 11.2. The maximum absolute atomic E-state index is 3.80. The van der Waals surface area contributed by atoms with Gasteiger partial charge in [0.05, 0.1) is 0 Å². The Bertz CT molecular complexity index is 252. The summed E-state index contributed by atoms with van der Waals surface area (Å²) < 4.78 is 0. The van der Waals surface area contributed by atoms with Crippen LogP contribution in [-0.2, 0) is 0 Å². The summed E-state index contributed by atoms with van der Waals surface area (Å²) in [5.41, 5.74) is 0. The molecule has 0 aromatic carbocycles. The van der Waals surface area contributed by atoms with Gasteiger partial charge in [0.25, 0.3) is 0 Å². The Morgan fingerprint density at radius 3 is 2.53 bits per heavy atom. The number of nitrogens with zero attached hydrogens (tertiary/aromatic N) is 2. The molecular formula is C14H27N3. The maximum atomic E-state index is 3.80. The fraction of sp³-hybridized carbons (Fsp3) is 1.00. The van der Waals surface area contributed by atoms with E-state index in [1.165, 1.54) is 64.7 Å². The third-order valence-corrected chi connectivity index (χ3v) is 4.69. The molecule has 3 heteroatoms. The first kappa shape index (κ1) is 11.9. The maximum Gasteiger partial charge on any atom is 0.0220 e. The van der Waals surface area contributed by atoms with Gasteiger partial charge in [-0.15, -0.1) is 0 Å². The number of rotatable bonds is 4. The molecular weight excluding hydrogens is 210 g/mol. The molecule has 0 radical (unpaired) electrons. The van der Waals surface area contributed by atoms with Crippen LogP contribution in [0.3, 0.4) is 0 Å². The van der Waals surface area contributed by atoms with Crippen molar-refractivity contribution in [3.05, 3.63) is 0 Å². The van der Waals surface area contributed by atoms with E-state index in [2.05, 4.69) is 22.2 Å². The normalized spacial score (nSPS) is 36.5. The van der Waals surface area contributed by atoms with Crippen LogP contribution in [0.15, 0.2) is 0 Å². The first-order valence-corrected chi connectivity index (χ1v) is 7.50. The molecule has 1 aliphatic carbocycles. The molecule has 2 heterocycles. The van der Waals surface area contributed by atoms with Gasteiger partial charge in [0, 0.05) is 31.2 Å². The van der Waals surface area contributed by atoms with Crippen LogP contribution >= 0.6 is 0 Å². The molecule has 0 aromatic heterocycles. The topological polar surface area (TPSA) is 18.5 Å². The lowest BCUT2D eigenvalue weighted by Crippen LogP contribution is -2.49. The van der Waals surface area contributed by atoms with Crippen molar-refractivity contribution in [2.75, 3.05) is 33.2 Å². The van der Waals surface area contributed by atoms with Crippen molar-refractivity contribution in [1.29, 1.82) is 0 Å². The Balaban J connectivity index is 1.45. The van der Waals surface area contributed by atoms with E-state index >= 15 is 0 Å². The average molecular weight is 237 g/mol. The fourth-order valence-corrected chi connectivity index (χ4v) is 3.45. The molecule has 2 aliphatic heterocycles. The molecule has 0 bridgehead atoms. The second-order valence-corrected chi connectivity index (χ2v) is 6.32. The lowest BCUT2D eigenvalue weighted by molar-refractivity contribution is 0.147. The highest BCUT2D eigenvalue weighted by molar-refractivity contribution is 4.89. The van der Waals surface area contributed by atoms with Gasteiger partial charge in [-0.25, -0.2) is 0 Å². The zero-order chi connectivity index (χ0) is 11.7. The van der Waals surface area contributed by atoms with E-state index in [0.717, 1.165) is 18.1 Å². The van der Waals surface area contributed by atoms with Crippen molar-refractivity contribution in [1.82, 2.24) is 15.1 Å². The minimum absolute atomic E-state index is 0.781. The van der Waals surface area contributed by atoms with Gasteiger partial charge in [0.15, 0.2) is 0 Å². The predicted molar refractivity (Wildman–Crippen MR) is 71.3 cm³/mol. The first-order valence-electron chi connectivity index (χ1n) is 7.50. The van der Waals surface area contributed by atoms with Crippen molar-refractivity contribution in [3.63, 3.8) is 0 Å². The number of piperidine rings is 1. The van der Waals surface area contributed by atoms with Crippen molar-refractivity contribution >= 4 is 0 Å². The highest BCUT2D eigenvalue weighted by Crippen LogP contribution is 2.23. The number of nitrogens with one attached hydrogen (secondary N) is 1. The quantitative estimate of drug-likeness (QED) is 0.795. The standard InChI is InChI=1S/C14H27N3/c1-16-8-3-5-14(16)11-17-9-2-4-13(10-17)15-12-6-7-12/h12-15H,2-11H2,1H3. The molecule has 2 saturated heterocycles. The summed E-state index contributed by atoms with van der Waals surface area (Å²) in [6.07, 6.45) is 8.44. The molecule has 0 amide bonds. The molecule has 3 nitrogen and oxygen atoms in total. The van der Waals surface area contributed by atoms with E-state index in [9.17, 15) is 0 Å². The average Bonchev–Trinajstić information content (AvgIpc) is 3.04. The molecule has 2 unspecified atom stereocenters. The predicted octanol–water partition coefficient (Wildman–Crippen LogP) is 1.30. The Kier molecular flexibility index (Phi) is 3.69. The summed E-state index contributed by atoms with van der Waals surface area (Å²) in [6, 6.07) is 2.48. The monoisotopic (exact) mass is 237 g/mol. The Labute approximate surface area is 106 Å². The Morgan fingerprint density at radius 2 is 1.82 bits per heavy atom. The Hall–Kier alpha value is -0.120. The molecule has 0 spiro atoms. The van der Waals surface area contributed by atoms with Gasteiger partial charge >= 0.3 is 0 Å². The lowest BCUT2D eigenvalue weighted by atomic mass is 10.0. The number of hydrogen-bond acceptors (Lipinski definition) is 3. The van der Waals surface area contributed by atoms with Gasteiger partial charge in [-0.3, -0.25) is 0 Å². The fourth-order valence-electron chi connectivity index (χ4n) is 3.45. The number of likely N-dealkylation sites (N-methyl/N-ethyl adjacent to an activating group) is 1. The van der Waals surface area contributed by atoms with Crippen LogP contribution in [0.25, 0.3) is 0 Å². The minimum Gasteiger partial charge on any atom is -0.310 e. The van der Waals surface area contributed by atoms with Crippen molar-refractivity contribution in [2.45, 2.75) is 56.7 Å². The van der Waals surface area contributed by atoms with Gasteiger partial charge in [0.1, 0.15) is 0 Å². The smallest absolute Gasteiger partial charge is 0.0220 e. The van der Waals surface area contributed by atoms with Crippen molar-refractivity contribution in [2.24, 2.45) is 0 Å². The zero-order valence-electron chi connectivity index (χ0n) is 11.2. The van der Waals surface area contributed by atoms with Crippen LogP contribution in [0.1, 0.15) is 38.5 Å². The van der Waals surface area contributed by atoms with Crippen LogP contribution in [0, 0.1) is 0 Å². The van der Waals surface area contributed by atoms with Crippen molar-refractivity contribution < 1.29 is 0 Å². The van der Waals surface area contributed by atoms with E-state index in [-0.39, 0.29) is 0 Å². The van der Waals surface area contributed by atoms with E-state index < -0.39 is 0 Å². The van der Waals surface area contributed by atoms with Gasteiger partial charge in [-0.05, 0) is 58.7 Å². The molecule has 1 N–H and O–H groups in total. The molecule has 1 saturated carbocycles. The second kappa shape index (κ2) is 5.25. The summed E-state index contributed by atoms with van der Waals surface area (Å²) in [5.74, 6) is 0. The molecule has 3 fully saturated rings. The molecule has 2 atom stereocenters. The molecule has 17 heavy (non-hydrogen) atoms. The van der Waals surface area contributed by atoms with Gasteiger partial charge < -0.3 is 15.1 Å². The summed E-state index contributed by atoms with van der Waals surface area (Å²) in [7, 11) is 2.29. The third kappa shape index (κ3) is 3.21. The molecule has 0 aromatic rings. The lowest BCUT2D eigenvalue weighted by Gasteiger charge is -2.36. The van der Waals surface area contributed by atoms with E-state index in [4.69, 9.17) is 0 Å². The minimum atomic E-state index is 0.781. The molecule has 3 rings (SSSR count). The van der Waals surface area contributed by atoms with E-state index in [1.54, 1.807) is 0 Å². The second-order valence-electron chi connectivity index (χ2n) is 6.32. The van der Waals surface area contributed by atoms with Gasteiger partial charge in [-0.1, -0.05) is 0 Å². The highest BCUT2D eigenvalue weighted by atomic mass is 15.2. The van der Waals surface area contributed by atoms with Crippen LogP contribution in [-0.4, -0.2) is 61.2 Å². The molecule has 98 valence electrons. The van der Waals surface area contributed by atoms with Gasteiger partial charge in [0.2, 0.25) is 0 Å².